The second-order valence-electron chi connectivity index (χ2n) is 5.02. The Balaban J connectivity index is 2.09. The van der Waals surface area contributed by atoms with Crippen LogP contribution in [-0.2, 0) is 6.54 Å². The van der Waals surface area contributed by atoms with Crippen molar-refractivity contribution in [1.29, 1.82) is 0 Å². The van der Waals surface area contributed by atoms with E-state index in [1.54, 1.807) is 6.07 Å². The Morgan fingerprint density at radius 1 is 1.10 bits per heavy atom. The first-order chi connectivity index (χ1) is 10.1. The zero-order valence-corrected chi connectivity index (χ0v) is 12.6. The monoisotopic (exact) mass is 287 g/mol. The van der Waals surface area contributed by atoms with E-state index in [1.807, 2.05) is 50.2 Å². The van der Waals surface area contributed by atoms with Gasteiger partial charge in [0.1, 0.15) is 5.75 Å². The molecule has 2 rings (SSSR count). The maximum Gasteiger partial charge on any atom is 0.160 e. The quantitative estimate of drug-likeness (QED) is 0.848. The van der Waals surface area contributed by atoms with Crippen molar-refractivity contribution in [1.82, 2.24) is 0 Å². The minimum atomic E-state index is 0.127. The number of ether oxygens (including phenoxy) is 2. The van der Waals surface area contributed by atoms with Crippen LogP contribution >= 0.6 is 0 Å². The fraction of sp³-hybridized carbons (Fsp3) is 0.294. The summed E-state index contributed by atoms with van der Waals surface area (Å²) in [5, 5.41) is 12.9. The third-order valence-electron chi connectivity index (χ3n) is 2.98. The first kappa shape index (κ1) is 15.0. The van der Waals surface area contributed by atoms with E-state index in [-0.39, 0.29) is 11.9 Å². The van der Waals surface area contributed by atoms with Gasteiger partial charge in [-0.15, -0.1) is 0 Å². The molecule has 0 aliphatic rings. The molecule has 0 atom stereocenters. The van der Waals surface area contributed by atoms with E-state index in [0.29, 0.717) is 12.3 Å². The minimum absolute atomic E-state index is 0.127. The van der Waals surface area contributed by atoms with E-state index in [0.717, 1.165) is 17.0 Å². The molecule has 0 amide bonds. The minimum Gasteiger partial charge on any atom is -0.504 e. The molecular formula is C17H21NO3. The van der Waals surface area contributed by atoms with E-state index in [1.165, 1.54) is 7.11 Å². The summed E-state index contributed by atoms with van der Waals surface area (Å²) in [4.78, 5) is 0. The van der Waals surface area contributed by atoms with Gasteiger partial charge >= 0.3 is 0 Å². The largest absolute Gasteiger partial charge is 0.504 e. The van der Waals surface area contributed by atoms with Crippen LogP contribution in [0.1, 0.15) is 19.4 Å². The van der Waals surface area contributed by atoms with Crippen LogP contribution in [0, 0.1) is 0 Å². The second kappa shape index (κ2) is 6.88. The third-order valence-corrected chi connectivity index (χ3v) is 2.98. The fourth-order valence-corrected chi connectivity index (χ4v) is 2.00. The average Bonchev–Trinajstić information content (AvgIpc) is 2.47. The van der Waals surface area contributed by atoms with Gasteiger partial charge in [0, 0.05) is 6.54 Å². The number of anilines is 1. The van der Waals surface area contributed by atoms with Gasteiger partial charge in [0.25, 0.3) is 0 Å². The number of hydrogen-bond acceptors (Lipinski definition) is 4. The fourth-order valence-electron chi connectivity index (χ4n) is 2.00. The van der Waals surface area contributed by atoms with Gasteiger partial charge in [-0.1, -0.05) is 18.2 Å². The number of phenols is 1. The highest BCUT2D eigenvalue weighted by molar-refractivity contribution is 5.56. The number of para-hydroxylation sites is 2. The van der Waals surface area contributed by atoms with E-state index in [9.17, 15) is 5.11 Å². The van der Waals surface area contributed by atoms with Crippen molar-refractivity contribution in [3.8, 4) is 17.2 Å². The molecule has 0 radical (unpaired) electrons. The van der Waals surface area contributed by atoms with Crippen LogP contribution in [0.2, 0.25) is 0 Å². The summed E-state index contributed by atoms with van der Waals surface area (Å²) in [6, 6.07) is 13.1. The number of nitrogens with one attached hydrogen (secondary N) is 1. The topological polar surface area (TPSA) is 50.7 Å². The van der Waals surface area contributed by atoms with Gasteiger partial charge < -0.3 is 19.9 Å². The molecule has 112 valence electrons. The maximum absolute atomic E-state index is 9.60. The van der Waals surface area contributed by atoms with Crippen LogP contribution in [0.5, 0.6) is 17.2 Å². The molecule has 0 heterocycles. The molecule has 4 heteroatoms. The van der Waals surface area contributed by atoms with Crippen molar-refractivity contribution >= 4 is 5.69 Å². The summed E-state index contributed by atoms with van der Waals surface area (Å²) in [7, 11) is 1.54. The first-order valence-electron chi connectivity index (χ1n) is 6.95. The normalized spacial score (nSPS) is 10.5. The highest BCUT2D eigenvalue weighted by Gasteiger charge is 2.06. The van der Waals surface area contributed by atoms with Crippen LogP contribution in [0.15, 0.2) is 42.5 Å². The van der Waals surface area contributed by atoms with Crippen molar-refractivity contribution in [2.45, 2.75) is 26.5 Å². The SMILES string of the molecule is COc1cc(CNc2ccccc2OC(C)C)ccc1O. The molecule has 0 aliphatic carbocycles. The number of methoxy groups -OCH3 is 1. The molecule has 2 N–H and O–H groups in total. The number of benzene rings is 2. The molecule has 0 aromatic heterocycles. The highest BCUT2D eigenvalue weighted by atomic mass is 16.5. The van der Waals surface area contributed by atoms with Crippen molar-refractivity contribution in [2.75, 3.05) is 12.4 Å². The van der Waals surface area contributed by atoms with E-state index >= 15 is 0 Å². The molecule has 4 nitrogen and oxygen atoms in total. The van der Waals surface area contributed by atoms with Gasteiger partial charge in [0.05, 0.1) is 18.9 Å². The van der Waals surface area contributed by atoms with Crippen molar-refractivity contribution < 1.29 is 14.6 Å². The Kier molecular flexibility index (Phi) is 4.93. The van der Waals surface area contributed by atoms with Gasteiger partial charge in [-0.05, 0) is 43.7 Å². The Bertz CT molecular complexity index is 596. The lowest BCUT2D eigenvalue weighted by molar-refractivity contribution is 0.243. The molecule has 0 spiro atoms. The van der Waals surface area contributed by atoms with E-state index in [2.05, 4.69) is 5.32 Å². The Hall–Kier alpha value is -2.36. The summed E-state index contributed by atoms with van der Waals surface area (Å²) in [6.45, 7) is 4.62. The standard InChI is InChI=1S/C17H21NO3/c1-12(2)21-16-7-5-4-6-14(16)18-11-13-8-9-15(19)17(10-13)20-3/h4-10,12,18-19H,11H2,1-3H3. The Morgan fingerprint density at radius 2 is 1.86 bits per heavy atom. The van der Waals surface area contributed by atoms with Gasteiger partial charge in [-0.3, -0.25) is 0 Å². The van der Waals surface area contributed by atoms with Gasteiger partial charge in [0.15, 0.2) is 11.5 Å². The smallest absolute Gasteiger partial charge is 0.160 e. The highest BCUT2D eigenvalue weighted by Crippen LogP contribution is 2.28. The van der Waals surface area contributed by atoms with E-state index < -0.39 is 0 Å². The van der Waals surface area contributed by atoms with Crippen LogP contribution in [0.4, 0.5) is 5.69 Å². The van der Waals surface area contributed by atoms with Crippen LogP contribution < -0.4 is 14.8 Å². The molecule has 0 aliphatic heterocycles. The molecule has 0 unspecified atom stereocenters. The lowest BCUT2D eigenvalue weighted by atomic mass is 10.2. The number of phenolic OH excluding ortho intramolecular Hbond substituents is 1. The Morgan fingerprint density at radius 3 is 2.57 bits per heavy atom. The summed E-state index contributed by atoms with van der Waals surface area (Å²) < 4.78 is 10.9. The van der Waals surface area contributed by atoms with Gasteiger partial charge in [0.2, 0.25) is 0 Å². The number of rotatable bonds is 6. The summed E-state index contributed by atoms with van der Waals surface area (Å²) in [5.41, 5.74) is 1.96. The average molecular weight is 287 g/mol. The van der Waals surface area contributed by atoms with Crippen molar-refractivity contribution in [3.63, 3.8) is 0 Å². The lowest BCUT2D eigenvalue weighted by Gasteiger charge is -2.15. The molecule has 2 aromatic rings. The zero-order valence-electron chi connectivity index (χ0n) is 12.6. The molecular weight excluding hydrogens is 266 g/mol. The lowest BCUT2D eigenvalue weighted by Crippen LogP contribution is -2.08. The number of aromatic hydroxyl groups is 1. The summed E-state index contributed by atoms with van der Waals surface area (Å²) in [6.07, 6.45) is 0.127. The molecule has 0 fully saturated rings. The predicted octanol–water partition coefficient (Wildman–Crippen LogP) is 3.80. The molecule has 21 heavy (non-hydrogen) atoms. The van der Waals surface area contributed by atoms with Gasteiger partial charge in [-0.25, -0.2) is 0 Å². The summed E-state index contributed by atoms with van der Waals surface area (Å²) >= 11 is 0. The zero-order chi connectivity index (χ0) is 15.2. The third kappa shape index (κ3) is 4.05. The second-order valence-corrected chi connectivity index (χ2v) is 5.02. The molecule has 0 saturated heterocycles. The predicted molar refractivity (Wildman–Crippen MR) is 84.2 cm³/mol. The first-order valence-corrected chi connectivity index (χ1v) is 6.95. The Labute approximate surface area is 125 Å². The van der Waals surface area contributed by atoms with Crippen LogP contribution in [-0.4, -0.2) is 18.3 Å². The molecule has 2 aromatic carbocycles. The maximum atomic E-state index is 9.60. The van der Waals surface area contributed by atoms with E-state index in [4.69, 9.17) is 9.47 Å². The molecule has 0 saturated carbocycles. The summed E-state index contributed by atoms with van der Waals surface area (Å²) in [5.74, 6) is 1.45. The number of hydrogen-bond donors (Lipinski definition) is 2. The van der Waals surface area contributed by atoms with Crippen LogP contribution in [0.25, 0.3) is 0 Å². The van der Waals surface area contributed by atoms with Crippen LogP contribution in [0.3, 0.4) is 0 Å². The van der Waals surface area contributed by atoms with Gasteiger partial charge in [-0.2, -0.15) is 0 Å². The molecule has 0 bridgehead atoms. The van der Waals surface area contributed by atoms with Crippen molar-refractivity contribution in [2.24, 2.45) is 0 Å². The van der Waals surface area contributed by atoms with Crippen molar-refractivity contribution in [3.05, 3.63) is 48.0 Å².